The average Bonchev–Trinajstić information content (AvgIpc) is 2.91. The fourth-order valence-corrected chi connectivity index (χ4v) is 2.47. The predicted molar refractivity (Wildman–Crippen MR) is 91.2 cm³/mol. The number of carbonyl (C=O) groups is 1. The standard InChI is InChI=1S/C17H19N5O/c1-11-9-12(2)22-16(19-11)15(10-18-22)17(23)20-13-5-7-14(8-6-13)21(3)4/h5-10H,1-4H3,(H,20,23). The largest absolute Gasteiger partial charge is 0.378 e. The van der Waals surface area contributed by atoms with E-state index in [0.717, 1.165) is 22.8 Å². The normalized spacial score (nSPS) is 10.8. The lowest BCUT2D eigenvalue weighted by atomic mass is 10.2. The Balaban J connectivity index is 1.89. The monoisotopic (exact) mass is 309 g/mol. The minimum absolute atomic E-state index is 0.213. The van der Waals surface area contributed by atoms with E-state index >= 15 is 0 Å². The Hall–Kier alpha value is -2.89. The summed E-state index contributed by atoms with van der Waals surface area (Å²) >= 11 is 0. The minimum atomic E-state index is -0.213. The van der Waals surface area contributed by atoms with Crippen LogP contribution in [0.2, 0.25) is 0 Å². The van der Waals surface area contributed by atoms with Crippen LogP contribution in [0.15, 0.2) is 36.5 Å². The molecule has 0 fully saturated rings. The third kappa shape index (κ3) is 2.88. The summed E-state index contributed by atoms with van der Waals surface area (Å²) in [5.74, 6) is -0.213. The second kappa shape index (κ2) is 5.72. The molecule has 1 N–H and O–H groups in total. The highest BCUT2D eigenvalue weighted by Crippen LogP contribution is 2.18. The lowest BCUT2D eigenvalue weighted by molar-refractivity contribution is 0.102. The molecule has 0 saturated heterocycles. The summed E-state index contributed by atoms with van der Waals surface area (Å²) < 4.78 is 1.68. The zero-order chi connectivity index (χ0) is 16.6. The third-order valence-electron chi connectivity index (χ3n) is 3.66. The van der Waals surface area contributed by atoms with Gasteiger partial charge in [0, 0.05) is 36.9 Å². The fraction of sp³-hybridized carbons (Fsp3) is 0.235. The molecule has 2 aromatic heterocycles. The van der Waals surface area contributed by atoms with Gasteiger partial charge in [-0.25, -0.2) is 9.50 Å². The number of rotatable bonds is 3. The number of anilines is 2. The Morgan fingerprint density at radius 2 is 1.87 bits per heavy atom. The molecule has 6 nitrogen and oxygen atoms in total. The molecule has 0 aliphatic heterocycles. The van der Waals surface area contributed by atoms with E-state index in [-0.39, 0.29) is 5.91 Å². The minimum Gasteiger partial charge on any atom is -0.378 e. The van der Waals surface area contributed by atoms with Gasteiger partial charge in [0.25, 0.3) is 5.91 Å². The van der Waals surface area contributed by atoms with Crippen molar-refractivity contribution < 1.29 is 4.79 Å². The maximum absolute atomic E-state index is 12.5. The molecule has 0 aliphatic rings. The van der Waals surface area contributed by atoms with Crippen LogP contribution in [0.5, 0.6) is 0 Å². The van der Waals surface area contributed by atoms with E-state index in [1.807, 2.05) is 63.2 Å². The second-order valence-electron chi connectivity index (χ2n) is 5.73. The van der Waals surface area contributed by atoms with Crippen molar-refractivity contribution in [2.75, 3.05) is 24.3 Å². The molecule has 1 amide bonds. The molecular formula is C17H19N5O. The summed E-state index contributed by atoms with van der Waals surface area (Å²) in [4.78, 5) is 19.0. The van der Waals surface area contributed by atoms with E-state index in [0.29, 0.717) is 11.2 Å². The van der Waals surface area contributed by atoms with E-state index in [1.165, 1.54) is 0 Å². The van der Waals surface area contributed by atoms with Gasteiger partial charge in [-0.1, -0.05) is 0 Å². The Morgan fingerprint density at radius 3 is 2.52 bits per heavy atom. The molecule has 6 heteroatoms. The van der Waals surface area contributed by atoms with Crippen LogP contribution >= 0.6 is 0 Å². The van der Waals surface area contributed by atoms with Crippen LogP contribution in [0.4, 0.5) is 11.4 Å². The highest BCUT2D eigenvalue weighted by molar-refractivity contribution is 6.08. The zero-order valence-electron chi connectivity index (χ0n) is 13.7. The first-order valence-corrected chi connectivity index (χ1v) is 7.36. The van der Waals surface area contributed by atoms with Crippen molar-refractivity contribution >= 4 is 22.9 Å². The first kappa shape index (κ1) is 15.0. The molecule has 118 valence electrons. The molecule has 3 aromatic rings. The Morgan fingerprint density at radius 1 is 1.17 bits per heavy atom. The summed E-state index contributed by atoms with van der Waals surface area (Å²) in [5, 5.41) is 7.14. The summed E-state index contributed by atoms with van der Waals surface area (Å²) in [6, 6.07) is 9.60. The summed E-state index contributed by atoms with van der Waals surface area (Å²) in [6.45, 7) is 3.85. The van der Waals surface area contributed by atoms with Gasteiger partial charge in [-0.3, -0.25) is 4.79 Å². The number of aromatic nitrogens is 3. The highest BCUT2D eigenvalue weighted by Gasteiger charge is 2.15. The number of benzene rings is 1. The third-order valence-corrected chi connectivity index (χ3v) is 3.66. The maximum atomic E-state index is 12.5. The fourth-order valence-electron chi connectivity index (χ4n) is 2.47. The molecule has 0 radical (unpaired) electrons. The number of hydrogen-bond acceptors (Lipinski definition) is 4. The summed E-state index contributed by atoms with van der Waals surface area (Å²) in [6.07, 6.45) is 1.55. The number of aryl methyl sites for hydroxylation is 2. The maximum Gasteiger partial charge on any atom is 0.261 e. The van der Waals surface area contributed by atoms with E-state index in [2.05, 4.69) is 15.4 Å². The molecule has 3 rings (SSSR count). The van der Waals surface area contributed by atoms with Crippen LogP contribution in [0.25, 0.3) is 5.65 Å². The summed E-state index contributed by atoms with van der Waals surface area (Å²) in [7, 11) is 3.95. The number of amides is 1. The van der Waals surface area contributed by atoms with Crippen LogP contribution in [-0.2, 0) is 0 Å². The first-order chi connectivity index (χ1) is 11.0. The van der Waals surface area contributed by atoms with E-state index in [9.17, 15) is 4.79 Å². The van der Waals surface area contributed by atoms with Crippen LogP contribution in [0.1, 0.15) is 21.7 Å². The highest BCUT2D eigenvalue weighted by atomic mass is 16.1. The quantitative estimate of drug-likeness (QED) is 0.808. The van der Waals surface area contributed by atoms with Crippen molar-refractivity contribution in [2.45, 2.75) is 13.8 Å². The van der Waals surface area contributed by atoms with Gasteiger partial charge in [-0.15, -0.1) is 0 Å². The van der Waals surface area contributed by atoms with Crippen molar-refractivity contribution in [3.05, 3.63) is 53.5 Å². The van der Waals surface area contributed by atoms with Gasteiger partial charge in [0.2, 0.25) is 0 Å². The van der Waals surface area contributed by atoms with Crippen molar-refractivity contribution in [2.24, 2.45) is 0 Å². The predicted octanol–water partition coefficient (Wildman–Crippen LogP) is 2.66. The van der Waals surface area contributed by atoms with Gasteiger partial charge < -0.3 is 10.2 Å². The zero-order valence-corrected chi connectivity index (χ0v) is 13.7. The average molecular weight is 309 g/mol. The van der Waals surface area contributed by atoms with E-state index in [4.69, 9.17) is 0 Å². The summed E-state index contributed by atoms with van der Waals surface area (Å²) in [5.41, 5.74) is 4.66. The van der Waals surface area contributed by atoms with Crippen molar-refractivity contribution in [1.29, 1.82) is 0 Å². The number of carbonyl (C=O) groups excluding carboxylic acids is 1. The van der Waals surface area contributed by atoms with Crippen LogP contribution in [0.3, 0.4) is 0 Å². The van der Waals surface area contributed by atoms with Crippen molar-refractivity contribution in [3.8, 4) is 0 Å². The first-order valence-electron chi connectivity index (χ1n) is 7.36. The van der Waals surface area contributed by atoms with Crippen LogP contribution < -0.4 is 10.2 Å². The lowest BCUT2D eigenvalue weighted by Gasteiger charge is -2.12. The Bertz CT molecular complexity index is 865. The van der Waals surface area contributed by atoms with Crippen LogP contribution in [0, 0.1) is 13.8 Å². The Labute approximate surface area is 134 Å². The SMILES string of the molecule is Cc1cc(C)n2ncc(C(=O)Nc3ccc(N(C)C)cc3)c2n1. The molecule has 1 aromatic carbocycles. The van der Waals surface area contributed by atoms with E-state index in [1.54, 1.807) is 10.7 Å². The molecule has 0 atom stereocenters. The van der Waals surface area contributed by atoms with Gasteiger partial charge in [0.15, 0.2) is 5.65 Å². The Kier molecular flexibility index (Phi) is 3.73. The van der Waals surface area contributed by atoms with E-state index < -0.39 is 0 Å². The second-order valence-corrected chi connectivity index (χ2v) is 5.73. The van der Waals surface area contributed by atoms with Crippen molar-refractivity contribution in [1.82, 2.24) is 14.6 Å². The molecule has 23 heavy (non-hydrogen) atoms. The number of nitrogens with one attached hydrogen (secondary N) is 1. The number of fused-ring (bicyclic) bond motifs is 1. The molecule has 0 unspecified atom stereocenters. The molecule has 0 aliphatic carbocycles. The molecule has 2 heterocycles. The molecule has 0 spiro atoms. The van der Waals surface area contributed by atoms with Gasteiger partial charge in [-0.2, -0.15) is 5.10 Å². The number of nitrogens with zero attached hydrogens (tertiary/aromatic N) is 4. The van der Waals surface area contributed by atoms with Gasteiger partial charge in [-0.05, 0) is 44.2 Å². The van der Waals surface area contributed by atoms with Crippen molar-refractivity contribution in [3.63, 3.8) is 0 Å². The van der Waals surface area contributed by atoms with Gasteiger partial charge in [0.1, 0.15) is 5.56 Å². The van der Waals surface area contributed by atoms with Crippen LogP contribution in [-0.4, -0.2) is 34.6 Å². The topological polar surface area (TPSA) is 62.5 Å². The lowest BCUT2D eigenvalue weighted by Crippen LogP contribution is -2.13. The van der Waals surface area contributed by atoms with Gasteiger partial charge >= 0.3 is 0 Å². The molecule has 0 saturated carbocycles. The smallest absolute Gasteiger partial charge is 0.261 e. The molecular weight excluding hydrogens is 290 g/mol. The molecule has 0 bridgehead atoms. The number of hydrogen-bond donors (Lipinski definition) is 1. The van der Waals surface area contributed by atoms with Gasteiger partial charge in [0.05, 0.1) is 6.20 Å².